The van der Waals surface area contributed by atoms with Gasteiger partial charge in [-0.05, 0) is 12.8 Å². The van der Waals surface area contributed by atoms with E-state index in [2.05, 4.69) is 20.8 Å². The van der Waals surface area contributed by atoms with E-state index in [0.29, 0.717) is 0 Å². The van der Waals surface area contributed by atoms with Crippen molar-refractivity contribution in [3.05, 3.63) is 0 Å². The summed E-state index contributed by atoms with van der Waals surface area (Å²) in [5, 5.41) is 8.73. The van der Waals surface area contributed by atoms with Gasteiger partial charge in [0.05, 0.1) is 5.92 Å². The molecule has 1 N–H and O–H groups in total. The summed E-state index contributed by atoms with van der Waals surface area (Å²) in [5.74, 6) is -0.740. The van der Waals surface area contributed by atoms with Gasteiger partial charge in [0.15, 0.2) is 0 Å². The molecule has 0 spiro atoms. The maximum atomic E-state index is 10.6. The van der Waals surface area contributed by atoms with Gasteiger partial charge in [0.2, 0.25) is 0 Å². The second-order valence-corrected chi connectivity index (χ2v) is 5.00. The molecule has 0 aliphatic rings. The van der Waals surface area contributed by atoms with E-state index in [1.807, 2.05) is 6.92 Å². The molecule has 110 valence electrons. The van der Waals surface area contributed by atoms with Gasteiger partial charge in [-0.1, -0.05) is 79.1 Å². The third-order valence-electron chi connectivity index (χ3n) is 3.21. The van der Waals surface area contributed by atoms with Gasteiger partial charge < -0.3 is 5.11 Å². The zero-order valence-corrected chi connectivity index (χ0v) is 13.0. The Balaban J connectivity index is 0. The Morgan fingerprint density at radius 2 is 1.28 bits per heavy atom. The van der Waals surface area contributed by atoms with Crippen LogP contribution in [0.25, 0.3) is 0 Å². The van der Waals surface area contributed by atoms with Crippen molar-refractivity contribution < 1.29 is 9.90 Å². The van der Waals surface area contributed by atoms with E-state index in [4.69, 9.17) is 5.11 Å². The maximum Gasteiger partial charge on any atom is 0.306 e. The molecule has 1 atom stereocenters. The molecule has 0 amide bonds. The molecule has 2 nitrogen and oxygen atoms in total. The lowest BCUT2D eigenvalue weighted by Gasteiger charge is -2.08. The highest BCUT2D eigenvalue weighted by molar-refractivity contribution is 5.69. The second-order valence-electron chi connectivity index (χ2n) is 5.00. The van der Waals surface area contributed by atoms with E-state index in [0.717, 1.165) is 19.3 Å². The molecule has 0 aromatic rings. The average molecular weight is 258 g/mol. The summed E-state index contributed by atoms with van der Waals surface area (Å²) in [7, 11) is 0. The fraction of sp³-hybridized carbons (Fsp3) is 0.938. The number of carbonyl (C=O) groups is 1. The molecule has 2 heteroatoms. The molecule has 0 rings (SSSR count). The quantitative estimate of drug-likeness (QED) is 0.514. The van der Waals surface area contributed by atoms with Crippen LogP contribution in [0.2, 0.25) is 0 Å². The van der Waals surface area contributed by atoms with Crippen molar-refractivity contribution in [1.82, 2.24) is 0 Å². The van der Waals surface area contributed by atoms with E-state index in [1.165, 1.54) is 44.9 Å². The molecule has 0 radical (unpaired) electrons. The summed E-state index contributed by atoms with van der Waals surface area (Å²) < 4.78 is 0. The zero-order chi connectivity index (χ0) is 14.2. The van der Waals surface area contributed by atoms with Gasteiger partial charge >= 0.3 is 5.97 Å². The van der Waals surface area contributed by atoms with Gasteiger partial charge in [-0.25, -0.2) is 0 Å². The van der Waals surface area contributed by atoms with Crippen LogP contribution in [0.5, 0.6) is 0 Å². The molecule has 0 fully saturated rings. The van der Waals surface area contributed by atoms with Crippen LogP contribution in [0.1, 0.15) is 91.9 Å². The van der Waals surface area contributed by atoms with Gasteiger partial charge in [0, 0.05) is 0 Å². The highest BCUT2D eigenvalue weighted by atomic mass is 16.4. The maximum absolute atomic E-state index is 10.6. The first kappa shape index (κ1) is 19.8. The number of hydrogen-bond donors (Lipinski definition) is 1. The van der Waals surface area contributed by atoms with Crippen molar-refractivity contribution in [1.29, 1.82) is 0 Å². The Kier molecular flexibility index (Phi) is 18.1. The average Bonchev–Trinajstić information content (AvgIpc) is 2.36. The second kappa shape index (κ2) is 16.5. The van der Waals surface area contributed by atoms with Crippen molar-refractivity contribution in [3.8, 4) is 0 Å². The molecule has 0 aromatic heterocycles. The number of unbranched alkanes of at least 4 members (excludes halogenated alkanes) is 6. The standard InChI is InChI=1S/C10H20O2.C6H14/c1-3-5-6-7-8-9(4-2)10(11)12;1-3-5-6-4-2/h9H,3-8H2,1-2H3,(H,11,12);3-6H2,1-2H3. The Bertz CT molecular complexity index is 162. The minimum Gasteiger partial charge on any atom is -0.481 e. The number of hydrogen-bond acceptors (Lipinski definition) is 1. The van der Waals surface area contributed by atoms with E-state index in [9.17, 15) is 4.79 Å². The fourth-order valence-corrected chi connectivity index (χ4v) is 1.82. The fourth-order valence-electron chi connectivity index (χ4n) is 1.82. The summed E-state index contributed by atoms with van der Waals surface area (Å²) >= 11 is 0. The van der Waals surface area contributed by atoms with Gasteiger partial charge in [0.1, 0.15) is 0 Å². The van der Waals surface area contributed by atoms with Crippen molar-refractivity contribution in [2.75, 3.05) is 0 Å². The highest BCUT2D eigenvalue weighted by Crippen LogP contribution is 2.13. The molecule has 0 aromatic carbocycles. The van der Waals surface area contributed by atoms with E-state index < -0.39 is 5.97 Å². The monoisotopic (exact) mass is 258 g/mol. The third-order valence-corrected chi connectivity index (χ3v) is 3.21. The summed E-state index contributed by atoms with van der Waals surface area (Å²) in [6.45, 7) is 8.57. The van der Waals surface area contributed by atoms with E-state index >= 15 is 0 Å². The van der Waals surface area contributed by atoms with Crippen LogP contribution >= 0.6 is 0 Å². The first-order chi connectivity index (χ1) is 8.63. The first-order valence-corrected chi connectivity index (χ1v) is 7.86. The molecule has 0 aliphatic heterocycles. The molecule has 0 heterocycles. The van der Waals surface area contributed by atoms with Crippen LogP contribution in [-0.2, 0) is 4.79 Å². The van der Waals surface area contributed by atoms with Gasteiger partial charge in [-0.3, -0.25) is 4.79 Å². The Morgan fingerprint density at radius 3 is 1.61 bits per heavy atom. The summed E-state index contributed by atoms with van der Waals surface area (Å²) in [6, 6.07) is 0. The molecule has 0 saturated heterocycles. The molecule has 1 unspecified atom stereocenters. The normalized spacial score (nSPS) is 11.6. The number of rotatable bonds is 10. The predicted octanol–water partition coefficient (Wildman–Crippen LogP) is 5.65. The van der Waals surface area contributed by atoms with Crippen LogP contribution in [0.4, 0.5) is 0 Å². The molecule has 0 bridgehead atoms. The smallest absolute Gasteiger partial charge is 0.306 e. The molecular weight excluding hydrogens is 224 g/mol. The van der Waals surface area contributed by atoms with Crippen LogP contribution in [0.15, 0.2) is 0 Å². The lowest BCUT2D eigenvalue weighted by Crippen LogP contribution is -2.12. The van der Waals surface area contributed by atoms with Crippen LogP contribution in [0, 0.1) is 5.92 Å². The Morgan fingerprint density at radius 1 is 0.833 bits per heavy atom. The summed E-state index contributed by atoms with van der Waals surface area (Å²) in [5.41, 5.74) is 0. The van der Waals surface area contributed by atoms with Crippen molar-refractivity contribution in [2.24, 2.45) is 5.92 Å². The Labute approximate surface area is 114 Å². The molecule has 0 aliphatic carbocycles. The lowest BCUT2D eigenvalue weighted by atomic mass is 9.99. The first-order valence-electron chi connectivity index (χ1n) is 7.86. The van der Waals surface area contributed by atoms with Gasteiger partial charge in [-0.2, -0.15) is 0 Å². The predicted molar refractivity (Wildman–Crippen MR) is 80.0 cm³/mol. The van der Waals surface area contributed by atoms with Gasteiger partial charge in [-0.15, -0.1) is 0 Å². The van der Waals surface area contributed by atoms with Crippen molar-refractivity contribution in [3.63, 3.8) is 0 Å². The Hall–Kier alpha value is -0.530. The summed E-state index contributed by atoms with van der Waals surface area (Å²) in [6.07, 6.45) is 11.8. The molecule has 0 saturated carbocycles. The lowest BCUT2D eigenvalue weighted by molar-refractivity contribution is -0.142. The highest BCUT2D eigenvalue weighted by Gasteiger charge is 2.13. The number of aliphatic carboxylic acids is 1. The van der Waals surface area contributed by atoms with E-state index in [-0.39, 0.29) is 5.92 Å². The van der Waals surface area contributed by atoms with Crippen LogP contribution < -0.4 is 0 Å². The minimum atomic E-state index is -0.631. The SMILES string of the molecule is CCCCCC.CCCCCCC(CC)C(=O)O. The van der Waals surface area contributed by atoms with Gasteiger partial charge in [0.25, 0.3) is 0 Å². The number of carboxylic acids is 1. The number of carboxylic acid groups (broad SMARTS) is 1. The van der Waals surface area contributed by atoms with Crippen LogP contribution in [-0.4, -0.2) is 11.1 Å². The largest absolute Gasteiger partial charge is 0.481 e. The molecular formula is C16H34O2. The molecule has 18 heavy (non-hydrogen) atoms. The van der Waals surface area contributed by atoms with Crippen LogP contribution in [0.3, 0.4) is 0 Å². The minimum absolute atomic E-state index is 0.109. The van der Waals surface area contributed by atoms with Crippen molar-refractivity contribution in [2.45, 2.75) is 91.9 Å². The third kappa shape index (κ3) is 15.5. The zero-order valence-electron chi connectivity index (χ0n) is 13.0. The van der Waals surface area contributed by atoms with E-state index in [1.54, 1.807) is 0 Å². The van der Waals surface area contributed by atoms with Crippen molar-refractivity contribution >= 4 is 5.97 Å². The summed E-state index contributed by atoms with van der Waals surface area (Å²) in [4.78, 5) is 10.6. The topological polar surface area (TPSA) is 37.3 Å².